The van der Waals surface area contributed by atoms with Gasteiger partial charge in [0.05, 0.1) is 5.69 Å². The predicted molar refractivity (Wildman–Crippen MR) is 96.0 cm³/mol. The Hall–Kier alpha value is -3.06. The molecule has 1 aromatic carbocycles. The van der Waals surface area contributed by atoms with Gasteiger partial charge in [-0.2, -0.15) is 0 Å². The highest BCUT2D eigenvalue weighted by Gasteiger charge is 2.34. The van der Waals surface area contributed by atoms with Gasteiger partial charge in [-0.3, -0.25) is 9.78 Å². The number of carbonyl (C=O) groups is 2. The first-order chi connectivity index (χ1) is 12.5. The second-order valence-electron chi connectivity index (χ2n) is 5.95. The molecule has 7 heteroatoms. The van der Waals surface area contributed by atoms with Gasteiger partial charge in [-0.05, 0) is 29.3 Å². The quantitative estimate of drug-likeness (QED) is 0.729. The van der Waals surface area contributed by atoms with E-state index in [1.165, 1.54) is 24.3 Å². The van der Waals surface area contributed by atoms with Gasteiger partial charge in [0.1, 0.15) is 10.7 Å². The van der Waals surface area contributed by atoms with Gasteiger partial charge in [-0.1, -0.05) is 18.2 Å². The van der Waals surface area contributed by atoms with E-state index < -0.39 is 11.8 Å². The highest BCUT2D eigenvalue weighted by molar-refractivity contribution is 7.15. The van der Waals surface area contributed by atoms with Crippen molar-refractivity contribution in [1.82, 2.24) is 4.98 Å². The van der Waals surface area contributed by atoms with Crippen molar-refractivity contribution in [1.29, 1.82) is 0 Å². The molecule has 4 rings (SSSR count). The summed E-state index contributed by atoms with van der Waals surface area (Å²) in [5, 5.41) is 12.5. The number of anilines is 1. The van der Waals surface area contributed by atoms with Crippen molar-refractivity contribution in [3.8, 4) is 11.1 Å². The first-order valence-corrected chi connectivity index (χ1v) is 8.72. The second-order valence-corrected chi connectivity index (χ2v) is 7.00. The van der Waals surface area contributed by atoms with Gasteiger partial charge in [0.2, 0.25) is 5.91 Å². The van der Waals surface area contributed by atoms with E-state index in [1.54, 1.807) is 18.5 Å². The third-order valence-corrected chi connectivity index (χ3v) is 5.61. The van der Waals surface area contributed by atoms with Crippen molar-refractivity contribution in [2.24, 2.45) is 0 Å². The van der Waals surface area contributed by atoms with Crippen LogP contribution in [0.5, 0.6) is 0 Å². The SMILES string of the molecule is O=C1CC(c2cccnc2)c2sc(C(=O)O)c(-c3ccc(F)cc3)c2N1. The van der Waals surface area contributed by atoms with Crippen LogP contribution >= 0.6 is 11.3 Å². The average Bonchev–Trinajstić information content (AvgIpc) is 3.02. The number of fused-ring (bicyclic) bond motifs is 1. The molecule has 26 heavy (non-hydrogen) atoms. The zero-order valence-corrected chi connectivity index (χ0v) is 14.2. The van der Waals surface area contributed by atoms with E-state index in [9.17, 15) is 19.1 Å². The molecule has 0 spiro atoms. The number of aromatic nitrogens is 1. The molecule has 2 aromatic heterocycles. The number of thiophene rings is 1. The van der Waals surface area contributed by atoms with Crippen LogP contribution in [0.4, 0.5) is 10.1 Å². The van der Waals surface area contributed by atoms with E-state index in [0.29, 0.717) is 16.8 Å². The lowest BCUT2D eigenvalue weighted by molar-refractivity contribution is -0.116. The van der Waals surface area contributed by atoms with Crippen LogP contribution < -0.4 is 5.32 Å². The van der Waals surface area contributed by atoms with Crippen molar-refractivity contribution in [3.63, 3.8) is 0 Å². The number of benzene rings is 1. The molecule has 1 amide bonds. The maximum absolute atomic E-state index is 13.3. The lowest BCUT2D eigenvalue weighted by atomic mass is 9.89. The first kappa shape index (κ1) is 16.4. The van der Waals surface area contributed by atoms with E-state index >= 15 is 0 Å². The van der Waals surface area contributed by atoms with Crippen LogP contribution in [0.1, 0.15) is 32.5 Å². The molecule has 1 unspecified atom stereocenters. The number of aromatic carboxylic acids is 1. The fourth-order valence-electron chi connectivity index (χ4n) is 3.18. The Balaban J connectivity index is 1.94. The number of nitrogens with one attached hydrogen (secondary N) is 1. The molecule has 0 saturated carbocycles. The van der Waals surface area contributed by atoms with Crippen LogP contribution in [0, 0.1) is 5.82 Å². The molecule has 0 aliphatic carbocycles. The molecule has 0 fully saturated rings. The standard InChI is InChI=1S/C19H13FN2O3S/c20-12-5-3-10(4-6-12)15-16-17(26-18(15)19(24)25)13(8-14(23)22-16)11-2-1-7-21-9-11/h1-7,9,13H,8H2,(H,22,23)(H,24,25). The number of hydrogen-bond acceptors (Lipinski definition) is 4. The van der Waals surface area contributed by atoms with Crippen LogP contribution in [0.15, 0.2) is 48.8 Å². The van der Waals surface area contributed by atoms with Gasteiger partial charge in [-0.15, -0.1) is 11.3 Å². The third-order valence-electron chi connectivity index (χ3n) is 4.32. The van der Waals surface area contributed by atoms with Gasteiger partial charge in [0.25, 0.3) is 0 Å². The number of nitrogens with zero attached hydrogens (tertiary/aromatic N) is 1. The van der Waals surface area contributed by atoms with Crippen molar-refractivity contribution in [2.45, 2.75) is 12.3 Å². The Morgan fingerprint density at radius 3 is 2.69 bits per heavy atom. The van der Waals surface area contributed by atoms with Crippen LogP contribution in [0.25, 0.3) is 11.1 Å². The van der Waals surface area contributed by atoms with Crippen molar-refractivity contribution < 1.29 is 19.1 Å². The summed E-state index contributed by atoms with van der Waals surface area (Å²) in [7, 11) is 0. The molecular weight excluding hydrogens is 355 g/mol. The lowest BCUT2D eigenvalue weighted by Gasteiger charge is -2.23. The summed E-state index contributed by atoms with van der Waals surface area (Å²) in [4.78, 5) is 29.1. The highest BCUT2D eigenvalue weighted by Crippen LogP contribution is 2.49. The number of hydrogen-bond donors (Lipinski definition) is 2. The summed E-state index contributed by atoms with van der Waals surface area (Å²) in [6.45, 7) is 0. The third kappa shape index (κ3) is 2.76. The molecule has 0 radical (unpaired) electrons. The van der Waals surface area contributed by atoms with Crippen LogP contribution in [0.3, 0.4) is 0 Å². The molecule has 0 saturated heterocycles. The van der Waals surface area contributed by atoms with Gasteiger partial charge < -0.3 is 10.4 Å². The summed E-state index contributed by atoms with van der Waals surface area (Å²) in [5.41, 5.74) is 2.31. The van der Waals surface area contributed by atoms with E-state index in [2.05, 4.69) is 10.3 Å². The maximum Gasteiger partial charge on any atom is 0.346 e. The fraction of sp³-hybridized carbons (Fsp3) is 0.105. The molecule has 2 N–H and O–H groups in total. The first-order valence-electron chi connectivity index (χ1n) is 7.90. The number of carboxylic acid groups (broad SMARTS) is 1. The molecule has 1 atom stereocenters. The summed E-state index contributed by atoms with van der Waals surface area (Å²) in [6, 6.07) is 9.24. The second kappa shape index (κ2) is 6.34. The molecule has 1 aliphatic rings. The van der Waals surface area contributed by atoms with Crippen LogP contribution in [0.2, 0.25) is 0 Å². The Bertz CT molecular complexity index is 1000. The molecule has 3 aromatic rings. The van der Waals surface area contributed by atoms with Gasteiger partial charge in [-0.25, -0.2) is 9.18 Å². The normalized spacial score (nSPS) is 16.0. The van der Waals surface area contributed by atoms with Crippen molar-refractivity contribution in [2.75, 3.05) is 5.32 Å². The maximum atomic E-state index is 13.3. The Kier molecular flexibility index (Phi) is 4.00. The summed E-state index contributed by atoms with van der Waals surface area (Å²) >= 11 is 1.14. The molecular formula is C19H13FN2O3S. The molecule has 5 nitrogen and oxygen atoms in total. The van der Waals surface area contributed by atoms with E-state index in [0.717, 1.165) is 21.8 Å². The Morgan fingerprint density at radius 2 is 2.04 bits per heavy atom. The number of amides is 1. The minimum atomic E-state index is -1.08. The molecule has 3 heterocycles. The zero-order chi connectivity index (χ0) is 18.3. The number of rotatable bonds is 3. The minimum Gasteiger partial charge on any atom is -0.477 e. The smallest absolute Gasteiger partial charge is 0.346 e. The van der Waals surface area contributed by atoms with E-state index in [1.807, 2.05) is 6.07 Å². The summed E-state index contributed by atoms with van der Waals surface area (Å²) < 4.78 is 13.3. The topological polar surface area (TPSA) is 79.3 Å². The number of carboxylic acids is 1. The highest BCUT2D eigenvalue weighted by atomic mass is 32.1. The van der Waals surface area contributed by atoms with E-state index in [4.69, 9.17) is 0 Å². The monoisotopic (exact) mass is 368 g/mol. The Labute approximate surface area is 152 Å². The number of pyridine rings is 1. The average molecular weight is 368 g/mol. The minimum absolute atomic E-state index is 0.123. The molecule has 130 valence electrons. The Morgan fingerprint density at radius 1 is 1.27 bits per heavy atom. The number of carbonyl (C=O) groups excluding carboxylic acids is 1. The van der Waals surface area contributed by atoms with Crippen molar-refractivity contribution in [3.05, 3.63) is 69.9 Å². The number of halogens is 1. The van der Waals surface area contributed by atoms with E-state index in [-0.39, 0.29) is 23.1 Å². The molecule has 0 bridgehead atoms. The van der Waals surface area contributed by atoms with Gasteiger partial charge in [0, 0.05) is 35.2 Å². The zero-order valence-electron chi connectivity index (χ0n) is 13.4. The van der Waals surface area contributed by atoms with Gasteiger partial charge in [0.15, 0.2) is 0 Å². The molecule has 1 aliphatic heterocycles. The summed E-state index contributed by atoms with van der Waals surface area (Å²) in [5.74, 6) is -1.94. The lowest BCUT2D eigenvalue weighted by Crippen LogP contribution is -2.22. The summed E-state index contributed by atoms with van der Waals surface area (Å²) in [6.07, 6.45) is 3.56. The van der Waals surface area contributed by atoms with Crippen LogP contribution in [-0.4, -0.2) is 22.0 Å². The predicted octanol–water partition coefficient (Wildman–Crippen LogP) is 4.12. The van der Waals surface area contributed by atoms with Crippen molar-refractivity contribution >= 4 is 28.9 Å². The largest absolute Gasteiger partial charge is 0.477 e. The fourth-order valence-corrected chi connectivity index (χ4v) is 4.43. The van der Waals surface area contributed by atoms with Gasteiger partial charge >= 0.3 is 5.97 Å². The van der Waals surface area contributed by atoms with Crippen LogP contribution in [-0.2, 0) is 4.79 Å².